The van der Waals surface area contributed by atoms with E-state index < -0.39 is 0 Å². The third kappa shape index (κ3) is 9.69. The highest BCUT2D eigenvalue weighted by Crippen LogP contribution is 2.17. The van der Waals surface area contributed by atoms with Gasteiger partial charge in [-0.25, -0.2) is 0 Å². The number of aliphatic imine (C=N–C) groups is 2. The molecule has 3 aromatic carbocycles. The van der Waals surface area contributed by atoms with Crippen LogP contribution >= 0.6 is 12.4 Å². The first kappa shape index (κ1) is 32.3. The molecule has 0 atom stereocenters. The van der Waals surface area contributed by atoms with Crippen LogP contribution < -0.4 is 42.5 Å². The standard InChI is InChI=1S/C30H32N10O4.ClH/c41-25(17-35-29-31-13-14-32-29)37-21-5-9-23(10-6-21)39-27(43)19-1-2-20(4-3-19)28(44)40-24-11-7-22(8-12-24)38-26(42)18-36-30-33-15-16-34-30;/h1-12H,13-18H2,(H,37,41)(H,38,42)(H,39,43)(H,40,44)(H2,31,32,35)(H2,33,34,36);1H. The minimum Gasteiger partial charge on any atom is -0.355 e. The lowest BCUT2D eigenvalue weighted by Crippen LogP contribution is -2.38. The van der Waals surface area contributed by atoms with E-state index in [-0.39, 0.29) is 49.1 Å². The molecular formula is C30H33ClN10O4. The molecule has 2 aliphatic rings. The van der Waals surface area contributed by atoms with E-state index in [1.165, 1.54) is 0 Å². The fourth-order valence-corrected chi connectivity index (χ4v) is 4.22. The first-order valence-electron chi connectivity index (χ1n) is 14.0. The molecule has 0 fully saturated rings. The van der Waals surface area contributed by atoms with Gasteiger partial charge in [0.15, 0.2) is 11.9 Å². The molecule has 0 aliphatic carbocycles. The summed E-state index contributed by atoms with van der Waals surface area (Å²) in [6.07, 6.45) is 0. The molecule has 0 saturated heterocycles. The number of nitrogens with one attached hydrogen (secondary N) is 8. The van der Waals surface area contributed by atoms with E-state index in [2.05, 4.69) is 52.5 Å². The normalized spacial score (nSPS) is 13.1. The largest absolute Gasteiger partial charge is 0.355 e. The van der Waals surface area contributed by atoms with E-state index in [1.807, 2.05) is 0 Å². The molecule has 2 heterocycles. The summed E-state index contributed by atoms with van der Waals surface area (Å²) >= 11 is 0. The van der Waals surface area contributed by atoms with Crippen molar-refractivity contribution in [2.45, 2.75) is 0 Å². The monoisotopic (exact) mass is 632 g/mol. The topological polar surface area (TPSA) is 189 Å². The molecule has 0 aromatic heterocycles. The molecule has 2 aliphatic heterocycles. The summed E-state index contributed by atoms with van der Waals surface area (Å²) in [4.78, 5) is 58.0. The van der Waals surface area contributed by atoms with E-state index in [0.29, 0.717) is 58.9 Å². The number of benzene rings is 3. The molecule has 14 nitrogen and oxygen atoms in total. The number of amides is 4. The predicted molar refractivity (Wildman–Crippen MR) is 176 cm³/mol. The van der Waals surface area contributed by atoms with Gasteiger partial charge < -0.3 is 42.5 Å². The first-order valence-corrected chi connectivity index (χ1v) is 14.0. The summed E-state index contributed by atoms with van der Waals surface area (Å²) in [5, 5.41) is 23.1. The average Bonchev–Trinajstić information content (AvgIpc) is 3.76. The quantitative estimate of drug-likeness (QED) is 0.165. The van der Waals surface area contributed by atoms with Gasteiger partial charge in [-0.15, -0.1) is 12.4 Å². The van der Waals surface area contributed by atoms with Gasteiger partial charge in [-0.2, -0.15) is 0 Å². The van der Waals surface area contributed by atoms with Gasteiger partial charge in [0.1, 0.15) is 0 Å². The number of carbonyl (C=O) groups excluding carboxylic acids is 4. The van der Waals surface area contributed by atoms with Crippen molar-refractivity contribution in [1.29, 1.82) is 0 Å². The SMILES string of the molecule is Cl.O=C(CNC1=NCCN1)Nc1ccc(NC(=O)c2ccc(C(=O)Nc3ccc(NC(=O)CNC4=NCCN4)cc3)cc2)cc1. The molecule has 234 valence electrons. The number of anilines is 4. The second-order valence-corrected chi connectivity index (χ2v) is 9.76. The molecule has 0 saturated carbocycles. The summed E-state index contributed by atoms with van der Waals surface area (Å²) in [7, 11) is 0. The van der Waals surface area contributed by atoms with E-state index in [1.54, 1.807) is 72.8 Å². The number of halogens is 1. The second-order valence-electron chi connectivity index (χ2n) is 9.76. The summed E-state index contributed by atoms with van der Waals surface area (Å²) < 4.78 is 0. The number of hydrogen-bond donors (Lipinski definition) is 8. The van der Waals surface area contributed by atoms with Crippen molar-refractivity contribution in [3.63, 3.8) is 0 Å². The fourth-order valence-electron chi connectivity index (χ4n) is 4.22. The molecule has 8 N–H and O–H groups in total. The van der Waals surface area contributed by atoms with Crippen LogP contribution in [0.25, 0.3) is 0 Å². The minimum atomic E-state index is -0.344. The van der Waals surface area contributed by atoms with Crippen LogP contribution in [0.1, 0.15) is 20.7 Å². The zero-order valence-corrected chi connectivity index (χ0v) is 24.9. The van der Waals surface area contributed by atoms with Crippen molar-refractivity contribution in [3.8, 4) is 0 Å². The maximum atomic E-state index is 12.7. The Labute approximate surface area is 265 Å². The lowest BCUT2D eigenvalue weighted by molar-refractivity contribution is -0.116. The third-order valence-electron chi connectivity index (χ3n) is 6.44. The Morgan fingerprint density at radius 2 is 0.867 bits per heavy atom. The van der Waals surface area contributed by atoms with Crippen LogP contribution in [0, 0.1) is 0 Å². The van der Waals surface area contributed by atoms with E-state index in [0.717, 1.165) is 13.1 Å². The van der Waals surface area contributed by atoms with Crippen molar-refractivity contribution < 1.29 is 19.2 Å². The molecule has 15 heteroatoms. The Bertz CT molecular complexity index is 1460. The summed E-state index contributed by atoms with van der Waals surface area (Å²) in [6.45, 7) is 3.04. The maximum absolute atomic E-state index is 12.7. The van der Waals surface area contributed by atoms with Crippen LogP contribution in [0.4, 0.5) is 22.7 Å². The highest BCUT2D eigenvalue weighted by molar-refractivity contribution is 6.07. The number of rotatable bonds is 10. The zero-order valence-electron chi connectivity index (χ0n) is 24.1. The number of hydrogen-bond acceptors (Lipinski definition) is 10. The van der Waals surface area contributed by atoms with Crippen LogP contribution in [0.15, 0.2) is 82.8 Å². The molecule has 0 spiro atoms. The molecule has 3 aromatic rings. The molecular weight excluding hydrogens is 600 g/mol. The summed E-state index contributed by atoms with van der Waals surface area (Å²) in [5.74, 6) is 0.0860. The molecule has 0 radical (unpaired) electrons. The van der Waals surface area contributed by atoms with Crippen molar-refractivity contribution in [2.24, 2.45) is 9.98 Å². The van der Waals surface area contributed by atoms with Crippen molar-refractivity contribution in [3.05, 3.63) is 83.9 Å². The van der Waals surface area contributed by atoms with Gasteiger partial charge in [0.25, 0.3) is 11.8 Å². The van der Waals surface area contributed by atoms with E-state index in [9.17, 15) is 19.2 Å². The number of nitrogens with zero attached hydrogens (tertiary/aromatic N) is 2. The van der Waals surface area contributed by atoms with Crippen LogP contribution in [-0.2, 0) is 9.59 Å². The molecule has 0 bridgehead atoms. The minimum absolute atomic E-state index is 0. The van der Waals surface area contributed by atoms with Gasteiger partial charge in [0.05, 0.1) is 26.2 Å². The molecule has 45 heavy (non-hydrogen) atoms. The second kappa shape index (κ2) is 15.7. The smallest absolute Gasteiger partial charge is 0.255 e. The molecule has 0 unspecified atom stereocenters. The zero-order chi connectivity index (χ0) is 30.7. The van der Waals surface area contributed by atoms with Crippen LogP contribution in [0.3, 0.4) is 0 Å². The van der Waals surface area contributed by atoms with Crippen LogP contribution in [-0.4, -0.2) is 74.8 Å². The van der Waals surface area contributed by atoms with Gasteiger partial charge in [-0.3, -0.25) is 29.2 Å². The Morgan fingerprint density at radius 3 is 1.18 bits per heavy atom. The summed E-state index contributed by atoms with van der Waals surface area (Å²) in [6, 6.07) is 19.7. The third-order valence-corrected chi connectivity index (χ3v) is 6.44. The highest BCUT2D eigenvalue weighted by atomic mass is 35.5. The van der Waals surface area contributed by atoms with E-state index >= 15 is 0 Å². The lowest BCUT2D eigenvalue weighted by Gasteiger charge is -2.10. The molecule has 4 amide bonds. The average molecular weight is 633 g/mol. The van der Waals surface area contributed by atoms with Crippen LogP contribution in [0.2, 0.25) is 0 Å². The first-order chi connectivity index (χ1) is 21.4. The van der Waals surface area contributed by atoms with Gasteiger partial charge in [-0.1, -0.05) is 0 Å². The Balaban J connectivity index is 0.00000461. The summed E-state index contributed by atoms with van der Waals surface area (Å²) in [5.41, 5.74) is 3.03. The fraction of sp³-hybridized carbons (Fsp3) is 0.200. The maximum Gasteiger partial charge on any atom is 0.255 e. The van der Waals surface area contributed by atoms with Crippen molar-refractivity contribution >= 4 is 70.7 Å². The molecule has 5 rings (SSSR count). The Kier molecular flexibility index (Phi) is 11.3. The van der Waals surface area contributed by atoms with E-state index in [4.69, 9.17) is 0 Å². The predicted octanol–water partition coefficient (Wildman–Crippen LogP) is 1.59. The van der Waals surface area contributed by atoms with Crippen molar-refractivity contribution in [1.82, 2.24) is 21.3 Å². The van der Waals surface area contributed by atoms with Crippen molar-refractivity contribution in [2.75, 3.05) is 60.5 Å². The van der Waals surface area contributed by atoms with Gasteiger partial charge in [0, 0.05) is 47.0 Å². The van der Waals surface area contributed by atoms with Gasteiger partial charge in [0.2, 0.25) is 11.8 Å². The Morgan fingerprint density at radius 1 is 0.533 bits per heavy atom. The lowest BCUT2D eigenvalue weighted by atomic mass is 10.1. The Hall–Kier alpha value is -5.63. The number of carbonyl (C=O) groups is 4. The van der Waals surface area contributed by atoms with Gasteiger partial charge in [-0.05, 0) is 72.8 Å². The highest BCUT2D eigenvalue weighted by Gasteiger charge is 2.12. The van der Waals surface area contributed by atoms with Crippen LogP contribution in [0.5, 0.6) is 0 Å². The number of guanidine groups is 2. The van der Waals surface area contributed by atoms with Gasteiger partial charge >= 0.3 is 0 Å².